The second kappa shape index (κ2) is 6.03. The fraction of sp³-hybridized carbons (Fsp3) is 0.304. The van der Waals surface area contributed by atoms with Crippen molar-refractivity contribution >= 4 is 0 Å². The number of allylic oxidation sites excluding steroid dienone is 3. The molecule has 0 unspecified atom stereocenters. The molecule has 3 aliphatic rings. The molecule has 26 heavy (non-hydrogen) atoms. The van der Waals surface area contributed by atoms with Crippen LogP contribution in [0.4, 0.5) is 0 Å². The van der Waals surface area contributed by atoms with Crippen LogP contribution in [-0.2, 0) is 11.8 Å². The fourth-order valence-electron chi connectivity index (χ4n) is 4.93. The summed E-state index contributed by atoms with van der Waals surface area (Å²) in [5.41, 5.74) is 4.23. The summed E-state index contributed by atoms with van der Waals surface area (Å²) in [6, 6.07) is 14.7. The van der Waals surface area contributed by atoms with E-state index in [1.807, 2.05) is 30.3 Å². The average Bonchev–Trinajstić information content (AvgIpc) is 2.68. The van der Waals surface area contributed by atoms with E-state index in [4.69, 9.17) is 9.47 Å². The summed E-state index contributed by atoms with van der Waals surface area (Å²) in [7, 11) is 1.73. The van der Waals surface area contributed by atoms with Crippen molar-refractivity contribution in [1.82, 2.24) is 5.32 Å². The van der Waals surface area contributed by atoms with E-state index in [1.165, 1.54) is 16.7 Å². The molecular weight excluding hydrogens is 322 g/mol. The van der Waals surface area contributed by atoms with E-state index in [0.29, 0.717) is 6.04 Å². The van der Waals surface area contributed by atoms with Gasteiger partial charge in [-0.1, -0.05) is 42.5 Å². The Bertz CT molecular complexity index is 900. The van der Waals surface area contributed by atoms with Gasteiger partial charge in [0.15, 0.2) is 11.5 Å². The van der Waals surface area contributed by atoms with E-state index in [9.17, 15) is 0 Å². The lowest BCUT2D eigenvalue weighted by atomic mass is 9.58. The maximum Gasteiger partial charge on any atom is 0.173 e. The lowest BCUT2D eigenvalue weighted by Gasteiger charge is -2.50. The van der Waals surface area contributed by atoms with Gasteiger partial charge in [-0.05, 0) is 55.1 Å². The van der Waals surface area contributed by atoms with Crippen LogP contribution in [0.5, 0.6) is 17.2 Å². The summed E-state index contributed by atoms with van der Waals surface area (Å²) in [5.74, 6) is 2.55. The van der Waals surface area contributed by atoms with Crippen LogP contribution in [0.3, 0.4) is 0 Å². The number of benzene rings is 2. The molecule has 1 saturated heterocycles. The minimum Gasteiger partial charge on any atom is -0.493 e. The third-order valence-electron chi connectivity index (χ3n) is 6.04. The molecule has 0 spiro atoms. The summed E-state index contributed by atoms with van der Waals surface area (Å²) in [6.45, 7) is 1.04. The molecule has 1 N–H and O–H groups in total. The lowest BCUT2D eigenvalue weighted by molar-refractivity contribution is 0.303. The van der Waals surface area contributed by atoms with Crippen LogP contribution >= 0.6 is 0 Å². The minimum absolute atomic E-state index is 0.0247. The second-order valence-corrected chi connectivity index (χ2v) is 7.34. The number of rotatable bonds is 3. The molecule has 132 valence electrons. The molecule has 2 aliphatic carbocycles. The first-order valence-corrected chi connectivity index (χ1v) is 9.36. The predicted molar refractivity (Wildman–Crippen MR) is 103 cm³/mol. The number of ether oxygens (including phenoxy) is 2. The highest BCUT2D eigenvalue weighted by atomic mass is 16.5. The van der Waals surface area contributed by atoms with Gasteiger partial charge >= 0.3 is 0 Å². The Hall–Kier alpha value is -2.52. The zero-order valence-electron chi connectivity index (χ0n) is 15.0. The van der Waals surface area contributed by atoms with Crippen molar-refractivity contribution in [3.63, 3.8) is 0 Å². The number of nitrogens with one attached hydrogen (secondary N) is 1. The zero-order valence-corrected chi connectivity index (χ0v) is 15.0. The summed E-state index contributed by atoms with van der Waals surface area (Å²) >= 11 is 0. The molecule has 3 heteroatoms. The van der Waals surface area contributed by atoms with Gasteiger partial charge in [-0.25, -0.2) is 0 Å². The Morgan fingerprint density at radius 2 is 2.00 bits per heavy atom. The highest BCUT2D eigenvalue weighted by molar-refractivity contribution is 5.63. The molecule has 0 aromatic heterocycles. The molecular formula is C23H23NO2. The molecule has 0 radical (unpaired) electrons. The monoisotopic (exact) mass is 345 g/mol. The van der Waals surface area contributed by atoms with Crippen molar-refractivity contribution in [1.29, 1.82) is 0 Å². The first kappa shape index (κ1) is 15.7. The molecule has 5 rings (SSSR count). The van der Waals surface area contributed by atoms with E-state index in [2.05, 4.69) is 35.7 Å². The van der Waals surface area contributed by atoms with Crippen LogP contribution in [0.1, 0.15) is 24.0 Å². The molecule has 2 bridgehead atoms. The van der Waals surface area contributed by atoms with Gasteiger partial charge in [0.1, 0.15) is 5.75 Å². The van der Waals surface area contributed by atoms with E-state index in [0.717, 1.165) is 43.1 Å². The zero-order chi connectivity index (χ0) is 17.6. The molecule has 3 nitrogen and oxygen atoms in total. The number of methoxy groups -OCH3 is 1. The van der Waals surface area contributed by atoms with Crippen molar-refractivity contribution in [2.45, 2.75) is 30.7 Å². The summed E-state index contributed by atoms with van der Waals surface area (Å²) in [4.78, 5) is 0. The summed E-state index contributed by atoms with van der Waals surface area (Å²) in [6.07, 6.45) is 9.94. The number of fused-ring (bicyclic) bond motifs is 1. The van der Waals surface area contributed by atoms with Gasteiger partial charge in [-0.15, -0.1) is 0 Å². The van der Waals surface area contributed by atoms with Gasteiger partial charge < -0.3 is 14.8 Å². The van der Waals surface area contributed by atoms with Crippen molar-refractivity contribution in [3.8, 4) is 17.2 Å². The normalized spacial score (nSPS) is 25.7. The fourth-order valence-corrected chi connectivity index (χ4v) is 4.93. The minimum atomic E-state index is 0.0247. The van der Waals surface area contributed by atoms with Crippen LogP contribution in [-0.4, -0.2) is 19.7 Å². The van der Waals surface area contributed by atoms with Crippen LogP contribution in [0.2, 0.25) is 0 Å². The van der Waals surface area contributed by atoms with E-state index in [-0.39, 0.29) is 5.41 Å². The third kappa shape index (κ3) is 2.24. The van der Waals surface area contributed by atoms with Gasteiger partial charge in [0.05, 0.1) is 7.11 Å². The highest BCUT2D eigenvalue weighted by Gasteiger charge is 2.49. The number of hydrogen-bond donors (Lipinski definition) is 1. The second-order valence-electron chi connectivity index (χ2n) is 7.34. The Kier molecular flexibility index (Phi) is 3.64. The van der Waals surface area contributed by atoms with Gasteiger partial charge in [0.2, 0.25) is 0 Å². The van der Waals surface area contributed by atoms with Crippen LogP contribution in [0.25, 0.3) is 0 Å². The van der Waals surface area contributed by atoms with E-state index >= 15 is 0 Å². The number of hydrogen-bond acceptors (Lipinski definition) is 3. The van der Waals surface area contributed by atoms with Crippen LogP contribution in [0.15, 0.2) is 66.3 Å². The Labute approximate surface area is 154 Å². The van der Waals surface area contributed by atoms with E-state index in [1.54, 1.807) is 7.11 Å². The van der Waals surface area contributed by atoms with E-state index < -0.39 is 0 Å². The third-order valence-corrected chi connectivity index (χ3v) is 6.04. The van der Waals surface area contributed by atoms with Crippen molar-refractivity contribution in [2.75, 3.05) is 13.7 Å². The maximum atomic E-state index is 6.44. The van der Waals surface area contributed by atoms with Crippen molar-refractivity contribution < 1.29 is 9.47 Å². The highest BCUT2D eigenvalue weighted by Crippen LogP contribution is 2.55. The maximum absolute atomic E-state index is 6.44. The SMILES string of the molecule is COc1ccc2c(c1Oc1ccccc1)[C@@]13CC=CC=C1[C@H](C2)NCC3. The Morgan fingerprint density at radius 3 is 2.85 bits per heavy atom. The van der Waals surface area contributed by atoms with Gasteiger partial charge in [0, 0.05) is 17.0 Å². The first-order valence-electron chi connectivity index (χ1n) is 9.36. The molecule has 1 heterocycles. The smallest absolute Gasteiger partial charge is 0.173 e. The standard InChI is InChI=1S/C23H23NO2/c1-25-20-11-10-16-15-19-18-9-5-6-12-23(18,13-14-24-19)21(16)22(20)26-17-7-3-2-4-8-17/h2-11,19,24H,12-15H2,1H3/t19-,23+/m0/s1. The number of para-hydroxylation sites is 1. The molecule has 1 aliphatic heterocycles. The van der Waals surface area contributed by atoms with Crippen LogP contribution in [0, 0.1) is 0 Å². The molecule has 0 saturated carbocycles. The molecule has 2 atom stereocenters. The molecule has 2 aromatic rings. The molecule has 2 aromatic carbocycles. The summed E-state index contributed by atoms with van der Waals surface area (Å²) < 4.78 is 12.2. The molecule has 1 fully saturated rings. The van der Waals surface area contributed by atoms with Crippen molar-refractivity contribution in [3.05, 3.63) is 77.4 Å². The Balaban J connectivity index is 1.73. The van der Waals surface area contributed by atoms with Crippen LogP contribution < -0.4 is 14.8 Å². The van der Waals surface area contributed by atoms with Gasteiger partial charge in [0.25, 0.3) is 0 Å². The first-order chi connectivity index (χ1) is 12.8. The Morgan fingerprint density at radius 1 is 1.12 bits per heavy atom. The quantitative estimate of drug-likeness (QED) is 0.886. The van der Waals surface area contributed by atoms with Gasteiger partial charge in [-0.2, -0.15) is 0 Å². The average molecular weight is 345 g/mol. The summed E-state index contributed by atoms with van der Waals surface area (Å²) in [5, 5.41) is 3.71. The lowest BCUT2D eigenvalue weighted by Crippen LogP contribution is -2.53. The van der Waals surface area contributed by atoms with Gasteiger partial charge in [-0.3, -0.25) is 0 Å². The molecule has 0 amide bonds. The predicted octanol–water partition coefficient (Wildman–Crippen LogP) is 4.53. The largest absolute Gasteiger partial charge is 0.493 e. The van der Waals surface area contributed by atoms with Crippen molar-refractivity contribution in [2.24, 2.45) is 0 Å². The topological polar surface area (TPSA) is 30.5 Å². The number of piperidine rings is 1.